The first-order valence-corrected chi connectivity index (χ1v) is 4.07. The van der Waals surface area contributed by atoms with Crippen molar-refractivity contribution in [1.82, 2.24) is 10.3 Å². The number of hydrogen-bond donors (Lipinski definition) is 1. The van der Waals surface area contributed by atoms with E-state index in [4.69, 9.17) is 5.26 Å². The molecule has 4 nitrogen and oxygen atoms in total. The minimum atomic E-state index is -0.171. The van der Waals surface area contributed by atoms with Gasteiger partial charge in [-0.1, -0.05) is 6.08 Å². The lowest BCUT2D eigenvalue weighted by Gasteiger charge is -2.00. The van der Waals surface area contributed by atoms with E-state index in [9.17, 15) is 4.79 Å². The first-order valence-electron chi connectivity index (χ1n) is 4.07. The van der Waals surface area contributed by atoms with Crippen molar-refractivity contribution in [3.8, 4) is 6.07 Å². The van der Waals surface area contributed by atoms with Crippen molar-refractivity contribution in [3.63, 3.8) is 0 Å². The molecular weight excluding hydrogens is 178 g/mol. The number of aromatic nitrogens is 1. The molecule has 0 aliphatic heterocycles. The number of rotatable bonds is 3. The Kier molecular flexibility index (Phi) is 3.89. The molecule has 1 aromatic rings. The number of carbonyl (C=O) groups excluding carboxylic acids is 1. The topological polar surface area (TPSA) is 65.8 Å². The molecule has 1 N–H and O–H groups in total. The van der Waals surface area contributed by atoms with Gasteiger partial charge in [-0.05, 0) is 12.1 Å². The number of carbonyl (C=O) groups is 1. The number of hydrogen-bond acceptors (Lipinski definition) is 3. The van der Waals surface area contributed by atoms with E-state index in [1.54, 1.807) is 30.6 Å². The maximum atomic E-state index is 11.4. The quantitative estimate of drug-likeness (QED) is 0.714. The number of nitriles is 1. The van der Waals surface area contributed by atoms with Crippen LogP contribution in [0.5, 0.6) is 0 Å². The van der Waals surface area contributed by atoms with Gasteiger partial charge < -0.3 is 5.32 Å². The Bertz CT molecular complexity index is 365. The summed E-state index contributed by atoms with van der Waals surface area (Å²) >= 11 is 0. The zero-order valence-electron chi connectivity index (χ0n) is 7.47. The second kappa shape index (κ2) is 5.49. The zero-order valence-corrected chi connectivity index (χ0v) is 7.47. The average Bonchev–Trinajstić information content (AvgIpc) is 2.25. The van der Waals surface area contributed by atoms with Crippen LogP contribution >= 0.6 is 0 Å². The molecule has 0 bridgehead atoms. The van der Waals surface area contributed by atoms with Gasteiger partial charge in [-0.2, -0.15) is 5.26 Å². The molecule has 0 saturated heterocycles. The monoisotopic (exact) mass is 187 g/mol. The van der Waals surface area contributed by atoms with Crippen LogP contribution < -0.4 is 5.32 Å². The summed E-state index contributed by atoms with van der Waals surface area (Å²) in [7, 11) is 0. The normalized spacial score (nSPS) is 9.64. The molecular formula is C10H9N3O. The van der Waals surface area contributed by atoms with E-state index in [-0.39, 0.29) is 5.91 Å². The second-order valence-corrected chi connectivity index (χ2v) is 2.48. The maximum Gasteiger partial charge on any atom is 0.251 e. The molecule has 1 heterocycles. The van der Waals surface area contributed by atoms with Gasteiger partial charge in [0.25, 0.3) is 5.91 Å². The summed E-state index contributed by atoms with van der Waals surface area (Å²) in [5, 5.41) is 10.8. The molecule has 0 unspecified atom stereocenters. The van der Waals surface area contributed by atoms with E-state index in [1.807, 2.05) is 6.07 Å². The van der Waals surface area contributed by atoms with Crippen molar-refractivity contribution in [2.24, 2.45) is 0 Å². The van der Waals surface area contributed by atoms with Crippen molar-refractivity contribution in [2.75, 3.05) is 6.54 Å². The summed E-state index contributed by atoms with van der Waals surface area (Å²) in [6.07, 6.45) is 6.02. The number of allylic oxidation sites excluding steroid dienone is 1. The maximum absolute atomic E-state index is 11.4. The van der Waals surface area contributed by atoms with E-state index in [2.05, 4.69) is 10.3 Å². The fourth-order valence-corrected chi connectivity index (χ4v) is 0.869. The molecule has 0 aliphatic carbocycles. The third-order valence-electron chi connectivity index (χ3n) is 1.52. The fourth-order valence-electron chi connectivity index (χ4n) is 0.869. The van der Waals surface area contributed by atoms with Crippen LogP contribution in [0.25, 0.3) is 0 Å². The Hall–Kier alpha value is -2.15. The van der Waals surface area contributed by atoms with Crippen molar-refractivity contribution < 1.29 is 4.79 Å². The van der Waals surface area contributed by atoms with Crippen molar-refractivity contribution in [3.05, 3.63) is 42.2 Å². The van der Waals surface area contributed by atoms with Gasteiger partial charge in [0.2, 0.25) is 0 Å². The average molecular weight is 187 g/mol. The van der Waals surface area contributed by atoms with Crippen LogP contribution in [0.3, 0.4) is 0 Å². The molecule has 0 saturated carbocycles. The molecule has 0 radical (unpaired) electrons. The first kappa shape index (κ1) is 9.93. The first-order chi connectivity index (χ1) is 6.84. The highest BCUT2D eigenvalue weighted by atomic mass is 16.1. The fraction of sp³-hybridized carbons (Fsp3) is 0.100. The molecule has 1 amide bonds. The molecule has 70 valence electrons. The molecule has 1 rings (SSSR count). The van der Waals surface area contributed by atoms with Crippen LogP contribution in [0.15, 0.2) is 36.7 Å². The van der Waals surface area contributed by atoms with Crippen LogP contribution in [-0.2, 0) is 0 Å². The highest BCUT2D eigenvalue weighted by Crippen LogP contribution is 1.94. The van der Waals surface area contributed by atoms with Gasteiger partial charge in [0.1, 0.15) is 0 Å². The number of pyridine rings is 1. The van der Waals surface area contributed by atoms with Crippen LogP contribution in [0, 0.1) is 11.3 Å². The van der Waals surface area contributed by atoms with Gasteiger partial charge in [-0.25, -0.2) is 0 Å². The van der Waals surface area contributed by atoms with Gasteiger partial charge in [-0.3, -0.25) is 9.78 Å². The van der Waals surface area contributed by atoms with Crippen LogP contribution in [0.4, 0.5) is 0 Å². The molecule has 4 heteroatoms. The zero-order chi connectivity index (χ0) is 10.2. The molecule has 14 heavy (non-hydrogen) atoms. The van der Waals surface area contributed by atoms with Gasteiger partial charge in [0.15, 0.2) is 0 Å². The van der Waals surface area contributed by atoms with E-state index < -0.39 is 0 Å². The van der Waals surface area contributed by atoms with Gasteiger partial charge in [-0.15, -0.1) is 0 Å². The lowest BCUT2D eigenvalue weighted by Crippen LogP contribution is -2.23. The standard InChI is InChI=1S/C10H9N3O/c11-5-1-2-6-13-10(14)9-3-7-12-8-4-9/h1-4,7-8H,6H2,(H,13,14). The number of nitrogens with zero attached hydrogens (tertiary/aromatic N) is 2. The highest BCUT2D eigenvalue weighted by Gasteiger charge is 2.01. The minimum Gasteiger partial charge on any atom is -0.349 e. The molecule has 0 aromatic carbocycles. The van der Waals surface area contributed by atoms with E-state index in [0.29, 0.717) is 12.1 Å². The smallest absolute Gasteiger partial charge is 0.251 e. The Morgan fingerprint density at radius 3 is 2.93 bits per heavy atom. The Balaban J connectivity index is 2.45. The lowest BCUT2D eigenvalue weighted by molar-refractivity contribution is 0.0958. The van der Waals surface area contributed by atoms with E-state index in [0.717, 1.165) is 0 Å². The van der Waals surface area contributed by atoms with Crippen molar-refractivity contribution in [2.45, 2.75) is 0 Å². The molecule has 0 atom stereocenters. The van der Waals surface area contributed by atoms with Gasteiger partial charge in [0, 0.05) is 30.6 Å². The predicted molar refractivity (Wildman–Crippen MR) is 51.3 cm³/mol. The Morgan fingerprint density at radius 2 is 2.29 bits per heavy atom. The second-order valence-electron chi connectivity index (χ2n) is 2.48. The number of nitrogens with one attached hydrogen (secondary N) is 1. The summed E-state index contributed by atoms with van der Waals surface area (Å²) in [6.45, 7) is 0.356. The third kappa shape index (κ3) is 3.07. The van der Waals surface area contributed by atoms with Crippen LogP contribution in [0.1, 0.15) is 10.4 Å². The summed E-state index contributed by atoms with van der Waals surface area (Å²) in [4.78, 5) is 15.2. The highest BCUT2D eigenvalue weighted by molar-refractivity contribution is 5.94. The van der Waals surface area contributed by atoms with Crippen LogP contribution in [-0.4, -0.2) is 17.4 Å². The Morgan fingerprint density at radius 1 is 1.57 bits per heavy atom. The Labute approximate surface area is 81.9 Å². The third-order valence-corrected chi connectivity index (χ3v) is 1.52. The molecule has 1 aromatic heterocycles. The predicted octanol–water partition coefficient (Wildman–Crippen LogP) is 0.891. The van der Waals surface area contributed by atoms with Gasteiger partial charge in [0.05, 0.1) is 6.07 Å². The summed E-state index contributed by atoms with van der Waals surface area (Å²) < 4.78 is 0. The lowest BCUT2D eigenvalue weighted by atomic mass is 10.2. The molecule has 0 aliphatic rings. The van der Waals surface area contributed by atoms with Crippen molar-refractivity contribution >= 4 is 5.91 Å². The van der Waals surface area contributed by atoms with Crippen LogP contribution in [0.2, 0.25) is 0 Å². The van der Waals surface area contributed by atoms with E-state index in [1.165, 1.54) is 6.08 Å². The van der Waals surface area contributed by atoms with Crippen molar-refractivity contribution in [1.29, 1.82) is 5.26 Å². The summed E-state index contributed by atoms with van der Waals surface area (Å²) in [5.41, 5.74) is 0.561. The molecule has 0 spiro atoms. The summed E-state index contributed by atoms with van der Waals surface area (Å²) in [5.74, 6) is -0.171. The van der Waals surface area contributed by atoms with E-state index >= 15 is 0 Å². The molecule has 0 fully saturated rings. The minimum absolute atomic E-state index is 0.171. The SMILES string of the molecule is N#CC=CCNC(=O)c1ccncc1. The summed E-state index contributed by atoms with van der Waals surface area (Å²) in [6, 6.07) is 5.10. The van der Waals surface area contributed by atoms with Gasteiger partial charge >= 0.3 is 0 Å². The number of amides is 1. The largest absolute Gasteiger partial charge is 0.349 e.